The van der Waals surface area contributed by atoms with Crippen LogP contribution in [0, 0.1) is 5.82 Å². The Morgan fingerprint density at radius 2 is 1.69 bits per heavy atom. The SMILES string of the molecule is COC1CN(c2nc(N3CCC(Oc4ccc(F)cc4)C3)c3ccccc3n2)C1. The molecule has 2 saturated heterocycles. The van der Waals surface area contributed by atoms with Gasteiger partial charge in [0.2, 0.25) is 5.95 Å². The second kappa shape index (κ2) is 7.48. The molecule has 0 spiro atoms. The Bertz CT molecular complexity index is 1010. The van der Waals surface area contributed by atoms with Crippen LogP contribution >= 0.6 is 0 Å². The molecule has 7 heteroatoms. The van der Waals surface area contributed by atoms with Crippen LogP contribution in [0.15, 0.2) is 48.5 Å². The zero-order valence-electron chi connectivity index (χ0n) is 16.3. The number of para-hydroxylation sites is 1. The van der Waals surface area contributed by atoms with E-state index >= 15 is 0 Å². The van der Waals surface area contributed by atoms with Gasteiger partial charge in [-0.1, -0.05) is 12.1 Å². The zero-order chi connectivity index (χ0) is 19.8. The monoisotopic (exact) mass is 394 g/mol. The van der Waals surface area contributed by atoms with Gasteiger partial charge in [0.05, 0.1) is 18.2 Å². The minimum Gasteiger partial charge on any atom is -0.489 e. The number of benzene rings is 2. The number of fused-ring (bicyclic) bond motifs is 1. The minimum atomic E-state index is -0.257. The molecule has 6 nitrogen and oxygen atoms in total. The Morgan fingerprint density at radius 1 is 0.931 bits per heavy atom. The molecule has 1 atom stereocenters. The molecule has 2 aromatic carbocycles. The first-order chi connectivity index (χ1) is 14.2. The standard InChI is InChI=1S/C22H23FN4O2/c1-28-18-13-27(14-18)22-24-20-5-3-2-4-19(20)21(25-22)26-11-10-17(12-26)29-16-8-6-15(23)7-9-16/h2-9,17-18H,10-14H2,1H3. The zero-order valence-corrected chi connectivity index (χ0v) is 16.3. The highest BCUT2D eigenvalue weighted by Gasteiger charge is 2.31. The van der Waals surface area contributed by atoms with Crippen LogP contribution in [0.5, 0.6) is 5.75 Å². The molecule has 1 unspecified atom stereocenters. The Kier molecular flexibility index (Phi) is 4.67. The van der Waals surface area contributed by atoms with Gasteiger partial charge in [-0.2, -0.15) is 4.98 Å². The first-order valence-corrected chi connectivity index (χ1v) is 9.91. The Balaban J connectivity index is 1.38. The van der Waals surface area contributed by atoms with Crippen LogP contribution in [-0.4, -0.2) is 55.5 Å². The fourth-order valence-electron chi connectivity index (χ4n) is 3.90. The summed E-state index contributed by atoms with van der Waals surface area (Å²) in [6, 6.07) is 14.3. The minimum absolute atomic E-state index is 0.0412. The molecule has 0 bridgehead atoms. The number of nitrogens with zero attached hydrogens (tertiary/aromatic N) is 4. The van der Waals surface area contributed by atoms with Crippen LogP contribution in [0.3, 0.4) is 0 Å². The molecule has 2 aliphatic heterocycles. The van der Waals surface area contributed by atoms with Crippen molar-refractivity contribution in [2.45, 2.75) is 18.6 Å². The Hall–Kier alpha value is -2.93. The van der Waals surface area contributed by atoms with Gasteiger partial charge in [-0.05, 0) is 36.4 Å². The first-order valence-electron chi connectivity index (χ1n) is 9.91. The number of hydrogen-bond acceptors (Lipinski definition) is 6. The number of halogens is 1. The van der Waals surface area contributed by atoms with Gasteiger partial charge in [0.1, 0.15) is 23.5 Å². The average Bonchev–Trinajstić information content (AvgIpc) is 3.17. The largest absolute Gasteiger partial charge is 0.489 e. The smallest absolute Gasteiger partial charge is 0.228 e. The molecule has 2 fully saturated rings. The second-order valence-corrected chi connectivity index (χ2v) is 7.56. The molecular formula is C22H23FN4O2. The fraction of sp³-hybridized carbons (Fsp3) is 0.364. The molecule has 0 saturated carbocycles. The van der Waals surface area contributed by atoms with E-state index in [9.17, 15) is 4.39 Å². The maximum Gasteiger partial charge on any atom is 0.228 e. The predicted molar refractivity (Wildman–Crippen MR) is 110 cm³/mol. The number of aromatic nitrogens is 2. The maximum atomic E-state index is 13.1. The second-order valence-electron chi connectivity index (χ2n) is 7.56. The van der Waals surface area contributed by atoms with Crippen LogP contribution in [0.2, 0.25) is 0 Å². The number of anilines is 2. The predicted octanol–water partition coefficient (Wildman–Crippen LogP) is 3.26. The number of hydrogen-bond donors (Lipinski definition) is 0. The van der Waals surface area contributed by atoms with Crippen LogP contribution in [-0.2, 0) is 4.74 Å². The normalized spacial score (nSPS) is 19.6. The van der Waals surface area contributed by atoms with Crippen molar-refractivity contribution in [2.24, 2.45) is 0 Å². The fourth-order valence-corrected chi connectivity index (χ4v) is 3.90. The molecule has 0 radical (unpaired) electrons. The summed E-state index contributed by atoms with van der Waals surface area (Å²) in [5, 5.41) is 1.04. The summed E-state index contributed by atoms with van der Waals surface area (Å²) >= 11 is 0. The van der Waals surface area contributed by atoms with E-state index < -0.39 is 0 Å². The molecule has 3 aromatic rings. The van der Waals surface area contributed by atoms with Crippen LogP contribution in [0.1, 0.15) is 6.42 Å². The van der Waals surface area contributed by atoms with E-state index in [1.807, 2.05) is 18.2 Å². The highest BCUT2D eigenvalue weighted by atomic mass is 19.1. The highest BCUT2D eigenvalue weighted by Crippen LogP contribution is 2.31. The van der Waals surface area contributed by atoms with E-state index in [0.717, 1.165) is 55.3 Å². The molecule has 29 heavy (non-hydrogen) atoms. The van der Waals surface area contributed by atoms with Crippen molar-refractivity contribution in [3.05, 3.63) is 54.3 Å². The Morgan fingerprint density at radius 3 is 2.48 bits per heavy atom. The summed E-state index contributed by atoms with van der Waals surface area (Å²) < 4.78 is 24.6. The summed E-state index contributed by atoms with van der Waals surface area (Å²) in [6.07, 6.45) is 1.17. The molecule has 150 valence electrons. The third kappa shape index (κ3) is 3.58. The third-order valence-corrected chi connectivity index (χ3v) is 5.60. The summed E-state index contributed by atoms with van der Waals surface area (Å²) in [6.45, 7) is 3.21. The van der Waals surface area contributed by atoms with Gasteiger partial charge in [0.25, 0.3) is 0 Å². The molecule has 2 aliphatic rings. The summed E-state index contributed by atoms with van der Waals surface area (Å²) in [5.41, 5.74) is 0.941. The van der Waals surface area contributed by atoms with Crippen molar-refractivity contribution in [1.29, 1.82) is 0 Å². The van der Waals surface area contributed by atoms with Crippen LogP contribution < -0.4 is 14.5 Å². The molecule has 0 N–H and O–H groups in total. The van der Waals surface area contributed by atoms with Crippen molar-refractivity contribution in [1.82, 2.24) is 9.97 Å². The number of ether oxygens (including phenoxy) is 2. The van der Waals surface area contributed by atoms with Crippen molar-refractivity contribution < 1.29 is 13.9 Å². The molecule has 5 rings (SSSR count). The molecule has 3 heterocycles. The lowest BCUT2D eigenvalue weighted by atomic mass is 10.2. The number of rotatable bonds is 5. The first kappa shape index (κ1) is 18.1. The molecule has 1 aromatic heterocycles. The third-order valence-electron chi connectivity index (χ3n) is 5.60. The lowest BCUT2D eigenvalue weighted by Crippen LogP contribution is -2.52. The van der Waals surface area contributed by atoms with E-state index in [4.69, 9.17) is 19.4 Å². The van der Waals surface area contributed by atoms with E-state index in [2.05, 4.69) is 15.9 Å². The summed E-state index contributed by atoms with van der Waals surface area (Å²) in [7, 11) is 1.74. The lowest BCUT2D eigenvalue weighted by Gasteiger charge is -2.38. The topological polar surface area (TPSA) is 50.7 Å². The van der Waals surface area contributed by atoms with Gasteiger partial charge in [-0.3, -0.25) is 0 Å². The van der Waals surface area contributed by atoms with E-state index in [1.165, 1.54) is 12.1 Å². The van der Waals surface area contributed by atoms with Gasteiger partial charge >= 0.3 is 0 Å². The van der Waals surface area contributed by atoms with Gasteiger partial charge in [0, 0.05) is 38.6 Å². The highest BCUT2D eigenvalue weighted by molar-refractivity contribution is 5.90. The van der Waals surface area contributed by atoms with Gasteiger partial charge in [-0.25, -0.2) is 9.37 Å². The van der Waals surface area contributed by atoms with E-state index in [0.29, 0.717) is 5.75 Å². The molecule has 0 aliphatic carbocycles. The van der Waals surface area contributed by atoms with E-state index in [-0.39, 0.29) is 18.0 Å². The van der Waals surface area contributed by atoms with Crippen molar-refractivity contribution in [3.8, 4) is 5.75 Å². The van der Waals surface area contributed by atoms with Crippen molar-refractivity contribution >= 4 is 22.7 Å². The quantitative estimate of drug-likeness (QED) is 0.662. The van der Waals surface area contributed by atoms with Crippen LogP contribution in [0.4, 0.5) is 16.2 Å². The maximum absolute atomic E-state index is 13.1. The van der Waals surface area contributed by atoms with Crippen molar-refractivity contribution in [2.75, 3.05) is 43.1 Å². The van der Waals surface area contributed by atoms with E-state index in [1.54, 1.807) is 19.2 Å². The lowest BCUT2D eigenvalue weighted by molar-refractivity contribution is 0.0778. The van der Waals surface area contributed by atoms with Gasteiger partial charge in [0.15, 0.2) is 0 Å². The summed E-state index contributed by atoms with van der Waals surface area (Å²) in [4.78, 5) is 14.1. The molecule has 0 amide bonds. The average molecular weight is 394 g/mol. The van der Waals surface area contributed by atoms with Gasteiger partial charge in [-0.15, -0.1) is 0 Å². The Labute approximate surface area is 168 Å². The summed E-state index contributed by atoms with van der Waals surface area (Å²) in [5.74, 6) is 2.12. The van der Waals surface area contributed by atoms with Crippen molar-refractivity contribution in [3.63, 3.8) is 0 Å². The molecular weight excluding hydrogens is 371 g/mol. The van der Waals surface area contributed by atoms with Gasteiger partial charge < -0.3 is 19.3 Å². The van der Waals surface area contributed by atoms with Crippen LogP contribution in [0.25, 0.3) is 10.9 Å². The number of methoxy groups -OCH3 is 1.